The first-order valence-corrected chi connectivity index (χ1v) is 9.34. The van der Waals surface area contributed by atoms with E-state index >= 15 is 0 Å². The van der Waals surface area contributed by atoms with Crippen molar-refractivity contribution in [1.82, 2.24) is 0 Å². The van der Waals surface area contributed by atoms with Gasteiger partial charge in [-0.05, 0) is 66.5 Å². The summed E-state index contributed by atoms with van der Waals surface area (Å²) in [6.45, 7) is 3.70. The lowest BCUT2D eigenvalue weighted by molar-refractivity contribution is -0.116. The molecule has 0 heterocycles. The monoisotopic (exact) mass is 345 g/mol. The smallest absolute Gasteiger partial charge is 0.134 e. The second-order valence-electron chi connectivity index (χ2n) is 7.24. The lowest BCUT2D eigenvalue weighted by Crippen LogP contribution is -2.14. The fourth-order valence-electron chi connectivity index (χ4n) is 3.69. The third-order valence-electron chi connectivity index (χ3n) is 4.84. The van der Waals surface area contributed by atoms with E-state index in [0.717, 1.165) is 19.3 Å². The molecule has 2 aromatic carbocycles. The maximum absolute atomic E-state index is 11.0. The number of carbonyl (C=O) groups is 1. The average molecular weight is 345 g/mol. The second-order valence-corrected chi connectivity index (χ2v) is 7.24. The van der Waals surface area contributed by atoms with Crippen LogP contribution in [0.4, 0.5) is 0 Å². The van der Waals surface area contributed by atoms with Gasteiger partial charge in [-0.25, -0.2) is 0 Å². The van der Waals surface area contributed by atoms with Crippen molar-refractivity contribution in [2.45, 2.75) is 45.6 Å². The summed E-state index contributed by atoms with van der Waals surface area (Å²) in [5.41, 5.74) is 13.9. The average Bonchev–Trinajstić information content (AvgIpc) is 3.20. The Morgan fingerprint density at radius 3 is 1.96 bits per heavy atom. The topological polar surface area (TPSA) is 43.1 Å². The van der Waals surface area contributed by atoms with Crippen molar-refractivity contribution in [3.05, 3.63) is 82.9 Å². The molecule has 2 heteroatoms. The van der Waals surface area contributed by atoms with Crippen LogP contribution in [0, 0.1) is 0 Å². The summed E-state index contributed by atoms with van der Waals surface area (Å²) in [5.74, 6) is 0.239. The fraction of sp³-hybridized carbons (Fsp3) is 0.292. The first-order valence-electron chi connectivity index (χ1n) is 9.34. The van der Waals surface area contributed by atoms with Gasteiger partial charge < -0.3 is 5.73 Å². The molecule has 2 nitrogen and oxygen atoms in total. The van der Waals surface area contributed by atoms with E-state index < -0.39 is 0 Å². The lowest BCUT2D eigenvalue weighted by atomic mass is 10.0. The van der Waals surface area contributed by atoms with Crippen LogP contribution in [-0.4, -0.2) is 11.8 Å². The molecule has 2 aliphatic carbocycles. The van der Waals surface area contributed by atoms with Crippen LogP contribution in [0.15, 0.2) is 60.7 Å². The number of nitrogens with two attached hydrogens (primary N) is 1. The van der Waals surface area contributed by atoms with Crippen LogP contribution in [0.5, 0.6) is 0 Å². The Balaban J connectivity index is 0.000000151. The Labute approximate surface area is 156 Å². The van der Waals surface area contributed by atoms with Gasteiger partial charge >= 0.3 is 0 Å². The highest BCUT2D eigenvalue weighted by atomic mass is 16.1. The van der Waals surface area contributed by atoms with Gasteiger partial charge in [-0.1, -0.05) is 60.7 Å². The van der Waals surface area contributed by atoms with Crippen LogP contribution in [0.25, 0.3) is 11.1 Å². The van der Waals surface area contributed by atoms with Crippen molar-refractivity contribution in [2.75, 3.05) is 0 Å². The number of fused-ring (bicyclic) bond motifs is 2. The van der Waals surface area contributed by atoms with E-state index in [2.05, 4.69) is 55.5 Å². The standard InChI is InChI=1S/C12H15N.C12H12O/c2*1-9(13)8-11-7-6-10-4-2-3-5-12(10)11/h2-5,7,9H,6,8,13H2,1H3;2-5,7H,6,8H2,1H3/t9-;/m1./s1. The molecule has 1 atom stereocenters. The van der Waals surface area contributed by atoms with Gasteiger partial charge in [-0.3, -0.25) is 4.79 Å². The maximum atomic E-state index is 11.0. The summed E-state index contributed by atoms with van der Waals surface area (Å²) in [5, 5.41) is 0. The van der Waals surface area contributed by atoms with Crippen molar-refractivity contribution in [1.29, 1.82) is 0 Å². The zero-order valence-electron chi connectivity index (χ0n) is 15.7. The number of hydrogen-bond donors (Lipinski definition) is 1. The number of allylic oxidation sites excluding steroid dienone is 3. The van der Waals surface area contributed by atoms with Crippen molar-refractivity contribution < 1.29 is 4.79 Å². The van der Waals surface area contributed by atoms with E-state index in [1.807, 2.05) is 12.1 Å². The highest BCUT2D eigenvalue weighted by molar-refractivity contribution is 5.90. The van der Waals surface area contributed by atoms with Crippen LogP contribution in [-0.2, 0) is 17.6 Å². The number of rotatable bonds is 4. The SMILES string of the molecule is CC(=O)CC1=CCc2ccccc21.C[C@@H](N)CC1=CCc2ccccc21. The molecular weight excluding hydrogens is 318 g/mol. The van der Waals surface area contributed by atoms with Gasteiger partial charge in [0.1, 0.15) is 5.78 Å². The molecule has 4 rings (SSSR count). The first kappa shape index (κ1) is 18.3. The molecule has 26 heavy (non-hydrogen) atoms. The Morgan fingerprint density at radius 1 is 0.923 bits per heavy atom. The van der Waals surface area contributed by atoms with E-state index in [0.29, 0.717) is 6.42 Å². The Morgan fingerprint density at radius 2 is 1.42 bits per heavy atom. The van der Waals surface area contributed by atoms with E-state index in [9.17, 15) is 4.79 Å². The van der Waals surface area contributed by atoms with Crippen LogP contribution in [0.2, 0.25) is 0 Å². The zero-order chi connectivity index (χ0) is 18.5. The van der Waals surface area contributed by atoms with E-state index in [1.54, 1.807) is 6.92 Å². The third-order valence-corrected chi connectivity index (χ3v) is 4.84. The molecule has 0 saturated heterocycles. The second kappa shape index (κ2) is 8.29. The summed E-state index contributed by atoms with van der Waals surface area (Å²) >= 11 is 0. The zero-order valence-corrected chi connectivity index (χ0v) is 15.7. The number of hydrogen-bond acceptors (Lipinski definition) is 2. The van der Waals surface area contributed by atoms with Gasteiger partial charge in [0.2, 0.25) is 0 Å². The van der Waals surface area contributed by atoms with Crippen molar-refractivity contribution in [3.63, 3.8) is 0 Å². The molecule has 0 spiro atoms. The van der Waals surface area contributed by atoms with Crippen molar-refractivity contribution in [3.8, 4) is 0 Å². The molecule has 0 fully saturated rings. The number of ketones is 1. The molecule has 0 bridgehead atoms. The molecule has 0 saturated carbocycles. The highest BCUT2D eigenvalue weighted by Gasteiger charge is 2.14. The molecule has 2 aromatic rings. The minimum absolute atomic E-state index is 0.239. The van der Waals surface area contributed by atoms with Crippen molar-refractivity contribution >= 4 is 16.9 Å². The van der Waals surface area contributed by atoms with Gasteiger partial charge in [0.15, 0.2) is 0 Å². The summed E-state index contributed by atoms with van der Waals surface area (Å²) in [6.07, 6.45) is 8.10. The van der Waals surface area contributed by atoms with Gasteiger partial charge in [0.05, 0.1) is 0 Å². The molecule has 2 N–H and O–H groups in total. The third kappa shape index (κ3) is 4.39. The number of carbonyl (C=O) groups excluding carboxylic acids is 1. The van der Waals surface area contributed by atoms with Gasteiger partial charge in [-0.15, -0.1) is 0 Å². The fourth-order valence-corrected chi connectivity index (χ4v) is 3.69. The summed E-state index contributed by atoms with van der Waals surface area (Å²) in [6, 6.07) is 17.1. The van der Waals surface area contributed by atoms with E-state index in [1.165, 1.54) is 33.4 Å². The van der Waals surface area contributed by atoms with Crippen LogP contribution in [0.1, 0.15) is 48.9 Å². The van der Waals surface area contributed by atoms with E-state index in [-0.39, 0.29) is 11.8 Å². The first-order chi connectivity index (χ1) is 12.5. The quantitative estimate of drug-likeness (QED) is 0.850. The Hall–Kier alpha value is -2.45. The number of Topliss-reactive ketones (excluding diaryl/α,β-unsaturated/α-hetero) is 1. The lowest BCUT2D eigenvalue weighted by Gasteiger charge is -2.07. The molecule has 0 amide bonds. The predicted molar refractivity (Wildman–Crippen MR) is 110 cm³/mol. The van der Waals surface area contributed by atoms with Crippen LogP contribution in [0.3, 0.4) is 0 Å². The number of benzene rings is 2. The van der Waals surface area contributed by atoms with Gasteiger partial charge in [0, 0.05) is 12.5 Å². The molecular formula is C24H27NO. The maximum Gasteiger partial charge on any atom is 0.134 e. The Kier molecular flexibility index (Phi) is 5.85. The van der Waals surface area contributed by atoms with Crippen LogP contribution < -0.4 is 5.73 Å². The summed E-state index contributed by atoms with van der Waals surface area (Å²) in [7, 11) is 0. The minimum Gasteiger partial charge on any atom is -0.328 e. The molecule has 0 radical (unpaired) electrons. The van der Waals surface area contributed by atoms with E-state index in [4.69, 9.17) is 5.73 Å². The van der Waals surface area contributed by atoms with Crippen molar-refractivity contribution in [2.24, 2.45) is 5.73 Å². The predicted octanol–water partition coefficient (Wildman–Crippen LogP) is 4.97. The minimum atomic E-state index is 0.239. The molecule has 2 aliphatic rings. The molecule has 0 aliphatic heterocycles. The molecule has 0 aromatic heterocycles. The molecule has 0 unspecified atom stereocenters. The summed E-state index contributed by atoms with van der Waals surface area (Å²) < 4.78 is 0. The van der Waals surface area contributed by atoms with Gasteiger partial charge in [-0.2, -0.15) is 0 Å². The molecule has 134 valence electrons. The Bertz CT molecular complexity index is 858. The van der Waals surface area contributed by atoms with Gasteiger partial charge in [0.25, 0.3) is 0 Å². The largest absolute Gasteiger partial charge is 0.328 e. The summed E-state index contributed by atoms with van der Waals surface area (Å²) in [4.78, 5) is 11.0. The highest BCUT2D eigenvalue weighted by Crippen LogP contribution is 2.30. The van der Waals surface area contributed by atoms with Crippen LogP contribution >= 0.6 is 0 Å². The normalized spacial score (nSPS) is 15.2.